The first kappa shape index (κ1) is 18.8. The summed E-state index contributed by atoms with van der Waals surface area (Å²) in [5.41, 5.74) is 1.57. The minimum atomic E-state index is -3.95. The Labute approximate surface area is 153 Å². The number of carboxylic acid groups (broad SMARTS) is 1. The fourth-order valence-corrected chi connectivity index (χ4v) is 4.50. The van der Waals surface area contributed by atoms with Gasteiger partial charge in [-0.2, -0.15) is 4.72 Å². The molecule has 0 unspecified atom stereocenters. The predicted molar refractivity (Wildman–Crippen MR) is 96.4 cm³/mol. The molecule has 1 aliphatic carbocycles. The van der Waals surface area contributed by atoms with Crippen LogP contribution in [-0.4, -0.2) is 38.0 Å². The zero-order chi connectivity index (χ0) is 19.1. The number of nitrogens with zero attached hydrogens (tertiary/aromatic N) is 1. The van der Waals surface area contributed by atoms with Crippen LogP contribution < -0.4 is 9.62 Å². The van der Waals surface area contributed by atoms with Gasteiger partial charge in [0, 0.05) is 18.2 Å². The molecule has 1 aliphatic heterocycles. The number of carbonyl (C=O) groups excluding carboxylic acids is 1. The third kappa shape index (κ3) is 3.91. The van der Waals surface area contributed by atoms with Crippen molar-refractivity contribution in [1.29, 1.82) is 0 Å². The van der Waals surface area contributed by atoms with E-state index in [1.165, 1.54) is 6.07 Å². The molecule has 1 amide bonds. The minimum absolute atomic E-state index is 0.0342. The van der Waals surface area contributed by atoms with E-state index in [-0.39, 0.29) is 29.1 Å². The van der Waals surface area contributed by atoms with Gasteiger partial charge in [0.15, 0.2) is 0 Å². The third-order valence-electron chi connectivity index (χ3n) is 4.75. The quantitative estimate of drug-likeness (QED) is 0.750. The van der Waals surface area contributed by atoms with Crippen molar-refractivity contribution in [3.05, 3.63) is 23.8 Å². The summed E-state index contributed by atoms with van der Waals surface area (Å²) in [5.74, 6) is -0.927. The van der Waals surface area contributed by atoms with Crippen LogP contribution in [0.4, 0.5) is 5.69 Å². The Kier molecular flexibility index (Phi) is 5.07. The van der Waals surface area contributed by atoms with E-state index in [0.29, 0.717) is 13.0 Å². The first-order valence-electron chi connectivity index (χ1n) is 8.88. The number of benzene rings is 1. The minimum Gasteiger partial charge on any atom is -0.480 e. The van der Waals surface area contributed by atoms with Crippen LogP contribution in [-0.2, 0) is 26.0 Å². The molecule has 2 aliphatic rings. The molecule has 8 heteroatoms. The highest BCUT2D eigenvalue weighted by Crippen LogP contribution is 2.37. The summed E-state index contributed by atoms with van der Waals surface area (Å²) < 4.78 is 27.5. The van der Waals surface area contributed by atoms with E-state index in [1.54, 1.807) is 17.0 Å². The summed E-state index contributed by atoms with van der Waals surface area (Å²) >= 11 is 0. The van der Waals surface area contributed by atoms with Gasteiger partial charge < -0.3 is 10.0 Å². The largest absolute Gasteiger partial charge is 0.480 e. The van der Waals surface area contributed by atoms with Crippen molar-refractivity contribution < 1.29 is 23.1 Å². The molecule has 1 fully saturated rings. The number of carbonyl (C=O) groups is 2. The number of anilines is 1. The number of carboxylic acids is 1. The molecule has 1 aromatic rings. The van der Waals surface area contributed by atoms with Gasteiger partial charge in [-0.1, -0.05) is 13.8 Å². The number of amides is 1. The van der Waals surface area contributed by atoms with Gasteiger partial charge in [0.25, 0.3) is 0 Å². The molecule has 0 bridgehead atoms. The van der Waals surface area contributed by atoms with E-state index in [2.05, 4.69) is 4.72 Å². The van der Waals surface area contributed by atoms with Crippen molar-refractivity contribution in [3.63, 3.8) is 0 Å². The number of rotatable bonds is 7. The maximum Gasteiger partial charge on any atom is 0.321 e. The van der Waals surface area contributed by atoms with Gasteiger partial charge >= 0.3 is 5.97 Å². The fraction of sp³-hybridized carbons (Fsp3) is 0.556. The van der Waals surface area contributed by atoms with Crippen LogP contribution in [0.25, 0.3) is 0 Å². The molecule has 1 aromatic carbocycles. The molecule has 26 heavy (non-hydrogen) atoms. The van der Waals surface area contributed by atoms with Crippen LogP contribution in [0.5, 0.6) is 0 Å². The average molecular weight is 380 g/mol. The van der Waals surface area contributed by atoms with E-state index < -0.39 is 22.0 Å². The first-order chi connectivity index (χ1) is 12.2. The molecule has 0 spiro atoms. The summed E-state index contributed by atoms with van der Waals surface area (Å²) in [6.07, 6.45) is 2.66. The Morgan fingerprint density at radius 1 is 1.31 bits per heavy atom. The highest BCUT2D eigenvalue weighted by molar-refractivity contribution is 7.89. The number of nitrogens with one attached hydrogen (secondary N) is 1. The highest BCUT2D eigenvalue weighted by atomic mass is 32.2. The second-order valence-electron chi connectivity index (χ2n) is 7.45. The lowest BCUT2D eigenvalue weighted by Gasteiger charge is -2.18. The van der Waals surface area contributed by atoms with Gasteiger partial charge in [0.2, 0.25) is 15.9 Å². The van der Waals surface area contributed by atoms with E-state index >= 15 is 0 Å². The van der Waals surface area contributed by atoms with Crippen LogP contribution in [0.2, 0.25) is 0 Å². The van der Waals surface area contributed by atoms with Gasteiger partial charge in [-0.05, 0) is 55.4 Å². The first-order valence-corrected chi connectivity index (χ1v) is 10.4. The van der Waals surface area contributed by atoms with Gasteiger partial charge in [-0.25, -0.2) is 8.42 Å². The van der Waals surface area contributed by atoms with Crippen molar-refractivity contribution in [2.24, 2.45) is 11.8 Å². The van der Waals surface area contributed by atoms with Crippen molar-refractivity contribution >= 4 is 27.6 Å². The average Bonchev–Trinajstić information content (AvgIpc) is 3.32. The third-order valence-corrected chi connectivity index (χ3v) is 6.22. The Morgan fingerprint density at radius 3 is 2.58 bits per heavy atom. The molecule has 1 heterocycles. The van der Waals surface area contributed by atoms with Gasteiger partial charge in [0.05, 0.1) is 4.90 Å². The van der Waals surface area contributed by atoms with E-state index in [9.17, 15) is 23.1 Å². The van der Waals surface area contributed by atoms with Gasteiger partial charge in [-0.15, -0.1) is 0 Å². The number of aliphatic carboxylic acids is 1. The molecule has 0 aromatic heterocycles. The summed E-state index contributed by atoms with van der Waals surface area (Å²) in [4.78, 5) is 25.4. The molecule has 0 saturated heterocycles. The normalized spacial score (nSPS) is 18.0. The number of hydrogen-bond donors (Lipinski definition) is 2. The Balaban J connectivity index is 1.81. The molecule has 0 radical (unpaired) electrons. The maximum absolute atomic E-state index is 12.6. The van der Waals surface area contributed by atoms with E-state index in [1.807, 2.05) is 13.8 Å². The SMILES string of the molecule is CC(C)C[C@@H](NS(=O)(=O)c1ccc2c(c1)CCN2C(=O)C1CC1)C(=O)O. The van der Waals surface area contributed by atoms with Crippen LogP contribution in [0.1, 0.15) is 38.7 Å². The smallest absolute Gasteiger partial charge is 0.321 e. The zero-order valence-electron chi connectivity index (χ0n) is 14.9. The van der Waals surface area contributed by atoms with E-state index in [4.69, 9.17) is 0 Å². The second kappa shape index (κ2) is 7.00. The molecule has 1 atom stereocenters. The maximum atomic E-state index is 12.6. The standard InChI is InChI=1S/C18H24N2O5S/c1-11(2)9-15(18(22)23)19-26(24,25)14-5-6-16-13(10-14)7-8-20(16)17(21)12-3-4-12/h5-6,10-12,15,19H,3-4,7-9H2,1-2H3,(H,22,23)/t15-/m1/s1. The molecule has 2 N–H and O–H groups in total. The zero-order valence-corrected chi connectivity index (χ0v) is 15.8. The Hall–Kier alpha value is -1.93. The Morgan fingerprint density at radius 2 is 2.00 bits per heavy atom. The predicted octanol–water partition coefficient (Wildman–Crippen LogP) is 1.76. The number of fused-ring (bicyclic) bond motifs is 1. The van der Waals surface area contributed by atoms with Crippen molar-refractivity contribution in [1.82, 2.24) is 4.72 Å². The van der Waals surface area contributed by atoms with Crippen molar-refractivity contribution in [2.75, 3.05) is 11.4 Å². The number of hydrogen-bond acceptors (Lipinski definition) is 4. The lowest BCUT2D eigenvalue weighted by atomic mass is 10.1. The topological polar surface area (TPSA) is 104 Å². The number of sulfonamides is 1. The Bertz CT molecular complexity index is 830. The van der Waals surface area contributed by atoms with Gasteiger partial charge in [0.1, 0.15) is 6.04 Å². The monoisotopic (exact) mass is 380 g/mol. The second-order valence-corrected chi connectivity index (χ2v) is 9.16. The van der Waals surface area contributed by atoms with Crippen molar-refractivity contribution in [2.45, 2.75) is 50.5 Å². The lowest BCUT2D eigenvalue weighted by Crippen LogP contribution is -2.41. The van der Waals surface area contributed by atoms with Gasteiger partial charge in [-0.3, -0.25) is 9.59 Å². The van der Waals surface area contributed by atoms with Crippen LogP contribution in [0.3, 0.4) is 0 Å². The summed E-state index contributed by atoms with van der Waals surface area (Å²) in [5, 5.41) is 9.27. The van der Waals surface area contributed by atoms with Crippen LogP contribution >= 0.6 is 0 Å². The lowest BCUT2D eigenvalue weighted by molar-refractivity contribution is -0.139. The molecule has 142 valence electrons. The molecule has 7 nitrogen and oxygen atoms in total. The molecule has 1 saturated carbocycles. The summed E-state index contributed by atoms with van der Waals surface area (Å²) in [6, 6.07) is 3.47. The summed E-state index contributed by atoms with van der Waals surface area (Å²) in [6.45, 7) is 4.24. The van der Waals surface area contributed by atoms with Crippen molar-refractivity contribution in [3.8, 4) is 0 Å². The van der Waals surface area contributed by atoms with Crippen LogP contribution in [0, 0.1) is 11.8 Å². The molecule has 3 rings (SSSR count). The molecular formula is C18H24N2O5S. The fourth-order valence-electron chi connectivity index (χ4n) is 3.25. The highest BCUT2D eigenvalue weighted by Gasteiger charge is 2.37. The van der Waals surface area contributed by atoms with Crippen LogP contribution in [0.15, 0.2) is 23.1 Å². The van der Waals surface area contributed by atoms with E-state index in [0.717, 1.165) is 24.1 Å². The summed E-state index contributed by atoms with van der Waals surface area (Å²) in [7, 11) is -3.95. The molecular weight excluding hydrogens is 356 g/mol.